The summed E-state index contributed by atoms with van der Waals surface area (Å²) in [5, 5.41) is 0. The summed E-state index contributed by atoms with van der Waals surface area (Å²) in [4.78, 5) is 0. The molecule has 1 aromatic carbocycles. The molecule has 1 aromatic rings. The van der Waals surface area contributed by atoms with E-state index < -0.39 is 8.07 Å². The van der Waals surface area contributed by atoms with E-state index in [1.807, 2.05) is 0 Å². The summed E-state index contributed by atoms with van der Waals surface area (Å²) in [7, 11) is -0.219. The fourth-order valence-corrected chi connectivity index (χ4v) is 4.35. The van der Waals surface area contributed by atoms with E-state index in [1.54, 1.807) is 5.57 Å². The van der Waals surface area contributed by atoms with Crippen molar-refractivity contribution in [2.45, 2.75) is 38.7 Å². The van der Waals surface area contributed by atoms with Gasteiger partial charge in [-0.05, 0) is 34.7 Å². The second kappa shape index (κ2) is 4.92. The smallest absolute Gasteiger partial charge is 0.146 e. The number of allylic oxidation sites excluding steroid dienone is 2. The Kier molecular flexibility index (Phi) is 3.71. The Morgan fingerprint density at radius 3 is 2.71 bits per heavy atom. The first-order valence-electron chi connectivity index (χ1n) is 6.30. The Morgan fingerprint density at radius 1 is 1.29 bits per heavy atom. The van der Waals surface area contributed by atoms with Crippen LogP contribution in [-0.2, 0) is 17.5 Å². The van der Waals surface area contributed by atoms with Crippen LogP contribution in [0.1, 0.15) is 16.7 Å². The van der Waals surface area contributed by atoms with E-state index in [0.717, 1.165) is 23.5 Å². The van der Waals surface area contributed by atoms with Crippen molar-refractivity contribution < 1.29 is 4.43 Å². The molecule has 1 aliphatic carbocycles. The van der Waals surface area contributed by atoms with Crippen molar-refractivity contribution in [3.63, 3.8) is 0 Å². The molecule has 0 atom stereocenters. The third kappa shape index (κ3) is 2.97. The maximum Gasteiger partial charge on any atom is 0.146 e. The molecule has 1 nitrogen and oxygen atoms in total. The van der Waals surface area contributed by atoms with E-state index in [-0.39, 0.29) is 0 Å². The summed E-state index contributed by atoms with van der Waals surface area (Å²) in [6, 6.07) is 7.94. The minimum Gasteiger partial charge on any atom is -0.424 e. The van der Waals surface area contributed by atoms with Crippen LogP contribution in [0.5, 0.6) is 0 Å². The van der Waals surface area contributed by atoms with Gasteiger partial charge >= 0.3 is 0 Å². The van der Waals surface area contributed by atoms with Crippen LogP contribution < -0.4 is 0 Å². The van der Waals surface area contributed by atoms with Crippen LogP contribution in [0.3, 0.4) is 0 Å². The molecule has 3 heteroatoms. The van der Waals surface area contributed by atoms with E-state index in [0.29, 0.717) is 0 Å². The maximum atomic E-state index is 5.45. The average molecular weight is 263 g/mol. The van der Waals surface area contributed by atoms with E-state index >= 15 is 0 Å². The van der Waals surface area contributed by atoms with Crippen LogP contribution in [0, 0.1) is 0 Å². The molecule has 0 bridgehead atoms. The van der Waals surface area contributed by atoms with E-state index in [9.17, 15) is 0 Å². The molecule has 0 fully saturated rings. The summed E-state index contributed by atoms with van der Waals surface area (Å²) < 4.78 is 5.45. The third-order valence-corrected chi connectivity index (χ3v) is 4.88. The molecule has 0 aliphatic heterocycles. The highest BCUT2D eigenvalue weighted by molar-refractivity contribution is 6.77. The van der Waals surface area contributed by atoms with Crippen molar-refractivity contribution in [2.24, 2.45) is 0 Å². The van der Waals surface area contributed by atoms with Crippen LogP contribution in [-0.4, -0.2) is 18.6 Å². The first kappa shape index (κ1) is 12.8. The van der Waals surface area contributed by atoms with Crippen LogP contribution >= 0.6 is 0 Å². The lowest BCUT2D eigenvalue weighted by molar-refractivity contribution is 0.338. The predicted molar refractivity (Wildman–Crippen MR) is 81.0 cm³/mol. The fourth-order valence-electron chi connectivity index (χ4n) is 2.58. The average Bonchev–Trinajstić information content (AvgIpc) is 2.61. The first-order valence-corrected chi connectivity index (χ1v) is 10.8. The molecular weight excluding hydrogens is 240 g/mol. The van der Waals surface area contributed by atoms with Gasteiger partial charge in [-0.25, -0.2) is 0 Å². The number of hydrogen-bond donors (Lipinski definition) is 0. The molecule has 0 spiro atoms. The van der Waals surface area contributed by atoms with Crippen molar-refractivity contribution in [1.29, 1.82) is 0 Å². The molecular formula is C14H22OSi2. The van der Waals surface area contributed by atoms with Gasteiger partial charge in [0.1, 0.15) is 10.5 Å². The highest BCUT2D eigenvalue weighted by Gasteiger charge is 2.23. The lowest BCUT2D eigenvalue weighted by atomic mass is 10.0. The lowest BCUT2D eigenvalue weighted by Crippen LogP contribution is -2.19. The van der Waals surface area contributed by atoms with Gasteiger partial charge in [0.25, 0.3) is 0 Å². The van der Waals surface area contributed by atoms with E-state index in [1.165, 1.54) is 22.7 Å². The minimum atomic E-state index is -1.04. The Hall–Kier alpha value is -0.646. The van der Waals surface area contributed by atoms with E-state index in [2.05, 4.69) is 43.9 Å². The number of rotatable bonds is 4. The Bertz CT molecular complexity index is 444. The maximum absolute atomic E-state index is 5.45. The lowest BCUT2D eigenvalue weighted by Gasteiger charge is -2.19. The van der Waals surface area contributed by atoms with Gasteiger partial charge in [-0.15, -0.1) is 0 Å². The molecule has 0 aromatic heterocycles. The number of fused-ring (bicyclic) bond motifs is 1. The van der Waals surface area contributed by atoms with Crippen LogP contribution in [0.2, 0.25) is 25.7 Å². The van der Waals surface area contributed by atoms with Gasteiger partial charge in [-0.1, -0.05) is 43.9 Å². The third-order valence-electron chi connectivity index (χ3n) is 3.15. The quantitative estimate of drug-likeness (QED) is 0.758. The molecule has 0 heterocycles. The Morgan fingerprint density at radius 2 is 2.06 bits per heavy atom. The minimum absolute atomic E-state index is 0.790. The van der Waals surface area contributed by atoms with Crippen molar-refractivity contribution in [1.82, 2.24) is 0 Å². The normalized spacial score (nSPS) is 14.9. The van der Waals surface area contributed by atoms with Gasteiger partial charge in [-0.3, -0.25) is 0 Å². The molecule has 0 N–H and O–H groups in total. The van der Waals surface area contributed by atoms with Crippen LogP contribution in [0.4, 0.5) is 0 Å². The molecule has 17 heavy (non-hydrogen) atoms. The summed E-state index contributed by atoms with van der Waals surface area (Å²) in [5.41, 5.74) is 5.97. The molecule has 2 rings (SSSR count). The van der Waals surface area contributed by atoms with Gasteiger partial charge in [-0.2, -0.15) is 0 Å². The Balaban J connectivity index is 2.33. The Labute approximate surface area is 108 Å². The van der Waals surface area contributed by atoms with Crippen molar-refractivity contribution >= 4 is 24.1 Å². The standard InChI is InChI=1S/C14H22OSi2/c1-17(2,3)10-13-8-7-11-5-4-6-12(9-15-16)14(11)13/h4-6,8H,7,9-10H2,1-3,16H3. The monoisotopic (exact) mass is 262 g/mol. The zero-order chi connectivity index (χ0) is 12.5. The predicted octanol–water partition coefficient (Wildman–Crippen LogP) is 2.76. The molecule has 0 saturated carbocycles. The largest absolute Gasteiger partial charge is 0.424 e. The van der Waals surface area contributed by atoms with Crippen molar-refractivity contribution in [3.05, 3.63) is 41.0 Å². The molecule has 1 aliphatic rings. The van der Waals surface area contributed by atoms with Gasteiger partial charge < -0.3 is 4.43 Å². The van der Waals surface area contributed by atoms with Gasteiger partial charge in [0.2, 0.25) is 0 Å². The van der Waals surface area contributed by atoms with Gasteiger partial charge in [0, 0.05) is 8.07 Å². The highest BCUT2D eigenvalue weighted by atomic mass is 28.3. The van der Waals surface area contributed by atoms with Crippen LogP contribution in [0.25, 0.3) is 5.57 Å². The highest BCUT2D eigenvalue weighted by Crippen LogP contribution is 2.36. The molecule has 0 radical (unpaired) electrons. The summed E-state index contributed by atoms with van der Waals surface area (Å²) in [5.74, 6) is 0. The summed E-state index contributed by atoms with van der Waals surface area (Å²) in [6.45, 7) is 8.12. The fraction of sp³-hybridized carbons (Fsp3) is 0.429. The molecule has 0 amide bonds. The van der Waals surface area contributed by atoms with Crippen molar-refractivity contribution in [3.8, 4) is 0 Å². The van der Waals surface area contributed by atoms with Crippen LogP contribution in [0.15, 0.2) is 24.3 Å². The molecule has 92 valence electrons. The zero-order valence-electron chi connectivity index (χ0n) is 11.3. The molecule has 0 saturated heterocycles. The van der Waals surface area contributed by atoms with E-state index in [4.69, 9.17) is 4.43 Å². The summed E-state index contributed by atoms with van der Waals surface area (Å²) >= 11 is 0. The topological polar surface area (TPSA) is 9.23 Å². The zero-order valence-corrected chi connectivity index (χ0v) is 14.3. The number of hydrogen-bond acceptors (Lipinski definition) is 1. The first-order chi connectivity index (χ1) is 8.01. The second-order valence-electron chi connectivity index (χ2n) is 6.06. The summed E-state index contributed by atoms with van der Waals surface area (Å²) in [6.07, 6.45) is 3.55. The SMILES string of the molecule is C[Si](C)(C)CC1=CCc2cccc(CO[SiH3])c21. The van der Waals surface area contributed by atoms with Crippen molar-refractivity contribution in [2.75, 3.05) is 0 Å². The number of benzene rings is 1. The second-order valence-corrected chi connectivity index (χ2v) is 12.1. The molecule has 0 unspecified atom stereocenters. The van der Waals surface area contributed by atoms with Gasteiger partial charge in [0.05, 0.1) is 6.61 Å². The van der Waals surface area contributed by atoms with Gasteiger partial charge in [0.15, 0.2) is 0 Å².